The fourth-order valence-electron chi connectivity index (χ4n) is 1.01. The molecule has 1 amide bonds. The van der Waals surface area contributed by atoms with Gasteiger partial charge < -0.3 is 11.5 Å². The largest absolute Gasteiger partial charge is 0.366 e. The van der Waals surface area contributed by atoms with Gasteiger partial charge in [-0.05, 0) is 27.2 Å². The Hall–Kier alpha value is -0.830. The molecule has 0 spiro atoms. The minimum Gasteiger partial charge on any atom is -0.366 e. The quantitative estimate of drug-likeness (QED) is 0.586. The van der Waals surface area contributed by atoms with Crippen molar-refractivity contribution in [2.24, 2.45) is 11.5 Å². The maximum Gasteiger partial charge on any atom is 0.241 e. The molecule has 0 fully saturated rings. The van der Waals surface area contributed by atoms with Crippen LogP contribution < -0.4 is 11.5 Å². The second kappa shape index (κ2) is 3.53. The summed E-state index contributed by atoms with van der Waals surface area (Å²) in [5.74, 6) is -0.410. The smallest absolute Gasteiger partial charge is 0.241 e. The molecule has 0 atom stereocenters. The Morgan fingerprint density at radius 2 is 2.00 bits per heavy atom. The molecule has 0 unspecified atom stereocenters. The molecule has 0 aliphatic carbocycles. The van der Waals surface area contributed by atoms with Crippen LogP contribution in [0, 0.1) is 0 Å². The molecule has 0 aliphatic heterocycles. The zero-order valence-corrected chi connectivity index (χ0v) is 7.35. The van der Waals surface area contributed by atoms with Gasteiger partial charge in [0.05, 0.1) is 0 Å². The number of hydrogen-bond acceptors (Lipinski definition) is 2. The van der Waals surface area contributed by atoms with E-state index in [-0.39, 0.29) is 5.54 Å². The highest BCUT2D eigenvalue weighted by Gasteiger charge is 2.10. The van der Waals surface area contributed by atoms with E-state index in [1.54, 1.807) is 0 Å². The minimum atomic E-state index is -0.410. The Bertz CT molecular complexity index is 177. The number of amides is 1. The summed E-state index contributed by atoms with van der Waals surface area (Å²) < 4.78 is 0. The third-order valence-electron chi connectivity index (χ3n) is 1.12. The monoisotopic (exact) mass is 156 g/mol. The van der Waals surface area contributed by atoms with Crippen LogP contribution >= 0.6 is 0 Å². The molecule has 0 aromatic rings. The Morgan fingerprint density at radius 1 is 1.55 bits per heavy atom. The first kappa shape index (κ1) is 10.2. The molecule has 0 saturated heterocycles. The molecule has 0 saturated carbocycles. The molecule has 4 N–H and O–H groups in total. The molecule has 0 rings (SSSR count). The third kappa shape index (κ3) is 7.06. The van der Waals surface area contributed by atoms with Crippen LogP contribution in [-0.2, 0) is 4.79 Å². The lowest BCUT2D eigenvalue weighted by Crippen LogP contribution is -2.32. The lowest BCUT2D eigenvalue weighted by molar-refractivity contribution is -0.113. The van der Waals surface area contributed by atoms with E-state index in [0.717, 1.165) is 5.57 Å². The van der Waals surface area contributed by atoms with Gasteiger partial charge in [-0.25, -0.2) is 0 Å². The molecule has 64 valence electrons. The highest BCUT2D eigenvalue weighted by molar-refractivity contribution is 5.86. The maximum absolute atomic E-state index is 10.4. The SMILES string of the molecule is C/C(=C\C(N)=O)CC(C)(C)N. The van der Waals surface area contributed by atoms with Gasteiger partial charge in [-0.15, -0.1) is 0 Å². The van der Waals surface area contributed by atoms with Crippen molar-refractivity contribution in [3.63, 3.8) is 0 Å². The Morgan fingerprint density at radius 3 is 2.27 bits per heavy atom. The Balaban J connectivity index is 4.07. The van der Waals surface area contributed by atoms with Crippen LogP contribution in [0.15, 0.2) is 11.6 Å². The zero-order valence-electron chi connectivity index (χ0n) is 7.35. The van der Waals surface area contributed by atoms with Crippen LogP contribution in [0.5, 0.6) is 0 Å². The van der Waals surface area contributed by atoms with Crippen molar-refractivity contribution < 1.29 is 4.79 Å². The molecule has 3 nitrogen and oxygen atoms in total. The van der Waals surface area contributed by atoms with E-state index in [4.69, 9.17) is 11.5 Å². The Kier molecular flexibility index (Phi) is 3.26. The second-order valence-electron chi connectivity index (χ2n) is 3.56. The Labute approximate surface area is 67.4 Å². The number of carbonyl (C=O) groups excluding carboxylic acids is 1. The van der Waals surface area contributed by atoms with E-state index < -0.39 is 5.91 Å². The number of primary amides is 1. The average Bonchev–Trinajstić information content (AvgIpc) is 1.53. The summed E-state index contributed by atoms with van der Waals surface area (Å²) in [6.07, 6.45) is 2.10. The predicted molar refractivity (Wildman–Crippen MR) is 45.8 cm³/mol. The number of carbonyl (C=O) groups is 1. The zero-order chi connectivity index (χ0) is 9.07. The molecule has 0 bridgehead atoms. The number of hydrogen-bond donors (Lipinski definition) is 2. The third-order valence-corrected chi connectivity index (χ3v) is 1.12. The topological polar surface area (TPSA) is 69.1 Å². The summed E-state index contributed by atoms with van der Waals surface area (Å²) in [4.78, 5) is 10.4. The normalized spacial score (nSPS) is 13.3. The molecule has 3 heteroatoms. The average molecular weight is 156 g/mol. The van der Waals surface area contributed by atoms with Crippen molar-refractivity contribution in [1.82, 2.24) is 0 Å². The molecule has 0 heterocycles. The summed E-state index contributed by atoms with van der Waals surface area (Å²) in [5, 5.41) is 0. The van der Waals surface area contributed by atoms with Gasteiger partial charge in [0, 0.05) is 11.6 Å². The van der Waals surface area contributed by atoms with Gasteiger partial charge in [-0.1, -0.05) is 5.57 Å². The molecular formula is C8H16N2O. The highest BCUT2D eigenvalue weighted by atomic mass is 16.1. The minimum absolute atomic E-state index is 0.268. The van der Waals surface area contributed by atoms with E-state index in [1.165, 1.54) is 6.08 Å². The van der Waals surface area contributed by atoms with E-state index in [9.17, 15) is 4.79 Å². The maximum atomic E-state index is 10.4. The van der Waals surface area contributed by atoms with Crippen molar-refractivity contribution in [2.45, 2.75) is 32.7 Å². The van der Waals surface area contributed by atoms with Gasteiger partial charge >= 0.3 is 0 Å². The van der Waals surface area contributed by atoms with Gasteiger partial charge in [-0.3, -0.25) is 4.79 Å². The summed E-state index contributed by atoms with van der Waals surface area (Å²) in [7, 11) is 0. The lowest BCUT2D eigenvalue weighted by atomic mass is 9.97. The van der Waals surface area contributed by atoms with E-state index >= 15 is 0 Å². The summed E-state index contributed by atoms with van der Waals surface area (Å²) >= 11 is 0. The van der Waals surface area contributed by atoms with Crippen molar-refractivity contribution in [2.75, 3.05) is 0 Å². The molecule has 0 aromatic heterocycles. The summed E-state index contributed by atoms with van der Waals surface area (Å²) in [6.45, 7) is 5.66. The van der Waals surface area contributed by atoms with Gasteiger partial charge in [0.2, 0.25) is 5.91 Å². The van der Waals surface area contributed by atoms with Crippen LogP contribution in [-0.4, -0.2) is 11.4 Å². The van der Waals surface area contributed by atoms with Crippen LogP contribution in [0.3, 0.4) is 0 Å². The molecular weight excluding hydrogens is 140 g/mol. The fourth-order valence-corrected chi connectivity index (χ4v) is 1.01. The van der Waals surface area contributed by atoms with Crippen molar-refractivity contribution in [1.29, 1.82) is 0 Å². The highest BCUT2D eigenvalue weighted by Crippen LogP contribution is 2.11. The predicted octanol–water partition coefficient (Wildman–Crippen LogP) is 0.545. The second-order valence-corrected chi connectivity index (χ2v) is 3.56. The molecule has 0 radical (unpaired) electrons. The van der Waals surface area contributed by atoms with E-state index in [1.807, 2.05) is 20.8 Å². The van der Waals surface area contributed by atoms with E-state index in [2.05, 4.69) is 0 Å². The molecule has 0 aliphatic rings. The summed E-state index contributed by atoms with van der Waals surface area (Å²) in [6, 6.07) is 0. The molecule has 11 heavy (non-hydrogen) atoms. The van der Waals surface area contributed by atoms with Crippen molar-refractivity contribution in [3.05, 3.63) is 11.6 Å². The van der Waals surface area contributed by atoms with E-state index in [0.29, 0.717) is 6.42 Å². The first-order valence-electron chi connectivity index (χ1n) is 3.57. The van der Waals surface area contributed by atoms with Crippen molar-refractivity contribution in [3.8, 4) is 0 Å². The number of nitrogens with two attached hydrogens (primary N) is 2. The summed E-state index contributed by atoms with van der Waals surface area (Å²) in [5.41, 5.74) is 11.3. The lowest BCUT2D eigenvalue weighted by Gasteiger charge is -2.18. The fraction of sp³-hybridized carbons (Fsp3) is 0.625. The van der Waals surface area contributed by atoms with Gasteiger partial charge in [0.1, 0.15) is 0 Å². The van der Waals surface area contributed by atoms with Gasteiger partial charge in [0.25, 0.3) is 0 Å². The van der Waals surface area contributed by atoms with Gasteiger partial charge in [-0.2, -0.15) is 0 Å². The van der Waals surface area contributed by atoms with Crippen LogP contribution in [0.25, 0.3) is 0 Å². The molecule has 0 aromatic carbocycles. The van der Waals surface area contributed by atoms with Crippen LogP contribution in [0.2, 0.25) is 0 Å². The standard InChI is InChI=1S/C8H16N2O/c1-6(4-7(9)11)5-8(2,3)10/h4H,5,10H2,1-3H3,(H2,9,11)/b6-4+. The first-order valence-corrected chi connectivity index (χ1v) is 3.57. The van der Waals surface area contributed by atoms with Crippen LogP contribution in [0.4, 0.5) is 0 Å². The van der Waals surface area contributed by atoms with Crippen molar-refractivity contribution >= 4 is 5.91 Å². The van der Waals surface area contributed by atoms with Gasteiger partial charge in [0.15, 0.2) is 0 Å². The van der Waals surface area contributed by atoms with Crippen LogP contribution in [0.1, 0.15) is 27.2 Å². The number of rotatable bonds is 3. The first-order chi connectivity index (χ1) is 4.81.